The van der Waals surface area contributed by atoms with Crippen molar-refractivity contribution in [3.05, 3.63) is 71.5 Å². The van der Waals surface area contributed by atoms with E-state index in [2.05, 4.69) is 27.9 Å². The van der Waals surface area contributed by atoms with E-state index in [1.807, 2.05) is 12.1 Å². The van der Waals surface area contributed by atoms with Crippen LogP contribution in [0, 0.1) is 0 Å². The van der Waals surface area contributed by atoms with Crippen molar-refractivity contribution < 1.29 is 19.1 Å². The molecule has 0 radical (unpaired) electrons. The molecule has 158 valence electrons. The standard InChI is InChI=1S/C23H22N4O4/c28-22(26-19-7-3-5-15-4-1-2-6-18(15)19)13-27-12-17(11-24-27)25-23(29)16-8-9-20-21(10-16)31-14-30-20/h1-2,4,6,8-12,19H,3,5,7,13-14H2,(H,25,29)(H,26,28). The first kappa shape index (κ1) is 19.2. The Morgan fingerprint density at radius 1 is 1.13 bits per heavy atom. The molecule has 31 heavy (non-hydrogen) atoms. The van der Waals surface area contributed by atoms with Crippen LogP contribution in [0.3, 0.4) is 0 Å². The molecule has 2 aliphatic rings. The lowest BCUT2D eigenvalue weighted by molar-refractivity contribution is -0.122. The maximum Gasteiger partial charge on any atom is 0.255 e. The molecule has 0 saturated heterocycles. The van der Waals surface area contributed by atoms with Crippen molar-refractivity contribution in [3.8, 4) is 11.5 Å². The van der Waals surface area contributed by atoms with Crippen molar-refractivity contribution in [1.82, 2.24) is 15.1 Å². The number of benzene rings is 2. The number of fused-ring (bicyclic) bond motifs is 2. The van der Waals surface area contributed by atoms with Gasteiger partial charge in [-0.05, 0) is 48.6 Å². The molecule has 8 heteroatoms. The molecule has 1 aromatic heterocycles. The van der Waals surface area contributed by atoms with Crippen molar-refractivity contribution in [2.75, 3.05) is 12.1 Å². The summed E-state index contributed by atoms with van der Waals surface area (Å²) in [6.07, 6.45) is 6.19. The summed E-state index contributed by atoms with van der Waals surface area (Å²) in [6.45, 7) is 0.236. The van der Waals surface area contributed by atoms with E-state index in [1.165, 1.54) is 22.0 Å². The second-order valence-electron chi connectivity index (χ2n) is 7.66. The molecule has 0 bridgehead atoms. The highest BCUT2D eigenvalue weighted by molar-refractivity contribution is 6.04. The Bertz CT molecular complexity index is 1140. The molecule has 2 amide bonds. The van der Waals surface area contributed by atoms with Crippen LogP contribution in [0.1, 0.15) is 40.4 Å². The summed E-state index contributed by atoms with van der Waals surface area (Å²) < 4.78 is 12.1. The van der Waals surface area contributed by atoms with E-state index >= 15 is 0 Å². The second kappa shape index (κ2) is 8.14. The number of nitrogens with one attached hydrogen (secondary N) is 2. The Hall–Kier alpha value is -3.81. The van der Waals surface area contributed by atoms with Gasteiger partial charge in [0.05, 0.1) is 17.9 Å². The van der Waals surface area contributed by atoms with Crippen LogP contribution in [0.5, 0.6) is 11.5 Å². The smallest absolute Gasteiger partial charge is 0.255 e. The number of anilines is 1. The fraction of sp³-hybridized carbons (Fsp3) is 0.261. The van der Waals surface area contributed by atoms with Gasteiger partial charge < -0.3 is 20.1 Å². The lowest BCUT2D eigenvalue weighted by Gasteiger charge is -2.26. The number of rotatable bonds is 5. The molecule has 1 unspecified atom stereocenters. The molecule has 2 N–H and O–H groups in total. The topological polar surface area (TPSA) is 94.5 Å². The van der Waals surface area contributed by atoms with E-state index in [0.29, 0.717) is 22.7 Å². The van der Waals surface area contributed by atoms with Crippen molar-refractivity contribution in [2.24, 2.45) is 0 Å². The van der Waals surface area contributed by atoms with Crippen molar-refractivity contribution in [2.45, 2.75) is 31.8 Å². The monoisotopic (exact) mass is 418 g/mol. The van der Waals surface area contributed by atoms with Gasteiger partial charge >= 0.3 is 0 Å². The normalized spacial score (nSPS) is 16.5. The molecule has 2 heterocycles. The Balaban J connectivity index is 1.19. The molecule has 8 nitrogen and oxygen atoms in total. The van der Waals surface area contributed by atoms with Crippen LogP contribution in [0.4, 0.5) is 5.69 Å². The van der Waals surface area contributed by atoms with Crippen molar-refractivity contribution in [1.29, 1.82) is 0 Å². The van der Waals surface area contributed by atoms with Crippen LogP contribution in [-0.2, 0) is 17.8 Å². The number of nitrogens with zero attached hydrogens (tertiary/aromatic N) is 2. The highest BCUT2D eigenvalue weighted by Gasteiger charge is 2.22. The minimum absolute atomic E-state index is 0.0261. The first-order valence-electron chi connectivity index (χ1n) is 10.3. The highest BCUT2D eigenvalue weighted by Crippen LogP contribution is 2.32. The van der Waals surface area contributed by atoms with Gasteiger partial charge in [0.25, 0.3) is 5.91 Å². The second-order valence-corrected chi connectivity index (χ2v) is 7.66. The van der Waals surface area contributed by atoms with Crippen LogP contribution in [0.15, 0.2) is 54.9 Å². The number of amides is 2. The van der Waals surface area contributed by atoms with Gasteiger partial charge in [-0.15, -0.1) is 0 Å². The molecular formula is C23H22N4O4. The number of ether oxygens (including phenoxy) is 2. The number of carbonyl (C=O) groups is 2. The molecule has 5 rings (SSSR count). The van der Waals surface area contributed by atoms with E-state index in [0.717, 1.165) is 19.3 Å². The Morgan fingerprint density at radius 3 is 2.94 bits per heavy atom. The van der Waals surface area contributed by atoms with Gasteiger partial charge in [0.15, 0.2) is 11.5 Å². The molecule has 0 saturated carbocycles. The summed E-state index contributed by atoms with van der Waals surface area (Å²) in [5, 5.41) is 10.1. The number of aryl methyl sites for hydroxylation is 1. The summed E-state index contributed by atoms with van der Waals surface area (Å²) in [4.78, 5) is 25.1. The third kappa shape index (κ3) is 4.09. The molecule has 3 aromatic rings. The molecule has 2 aromatic carbocycles. The first-order valence-corrected chi connectivity index (χ1v) is 10.3. The van der Waals surface area contributed by atoms with Gasteiger partial charge in [0.1, 0.15) is 6.54 Å². The van der Waals surface area contributed by atoms with Gasteiger partial charge in [0, 0.05) is 11.8 Å². The van der Waals surface area contributed by atoms with E-state index in [9.17, 15) is 9.59 Å². The van der Waals surface area contributed by atoms with Gasteiger partial charge in [-0.25, -0.2) is 0 Å². The fourth-order valence-electron chi connectivity index (χ4n) is 4.05. The maximum absolute atomic E-state index is 12.6. The van der Waals surface area contributed by atoms with Crippen LogP contribution in [-0.4, -0.2) is 28.4 Å². The zero-order valence-electron chi connectivity index (χ0n) is 16.8. The number of hydrogen-bond acceptors (Lipinski definition) is 5. The average Bonchev–Trinajstić information content (AvgIpc) is 3.42. The number of hydrogen-bond donors (Lipinski definition) is 2. The third-order valence-corrected chi connectivity index (χ3v) is 5.54. The van der Waals surface area contributed by atoms with Gasteiger partial charge in [-0.2, -0.15) is 5.10 Å². The van der Waals surface area contributed by atoms with Gasteiger partial charge in [0.2, 0.25) is 12.7 Å². The van der Waals surface area contributed by atoms with E-state index < -0.39 is 0 Å². The highest BCUT2D eigenvalue weighted by atomic mass is 16.7. The number of carbonyl (C=O) groups excluding carboxylic acids is 2. The van der Waals surface area contributed by atoms with Crippen LogP contribution in [0.2, 0.25) is 0 Å². The Labute approximate surface area is 179 Å². The Kier molecular flexibility index (Phi) is 5.03. The minimum atomic E-state index is -0.291. The molecule has 1 aliphatic carbocycles. The first-order chi connectivity index (χ1) is 15.2. The summed E-state index contributed by atoms with van der Waals surface area (Å²) in [5.41, 5.74) is 3.45. The summed E-state index contributed by atoms with van der Waals surface area (Å²) in [6, 6.07) is 13.3. The lowest BCUT2D eigenvalue weighted by atomic mass is 9.88. The van der Waals surface area contributed by atoms with Gasteiger partial charge in [-0.1, -0.05) is 24.3 Å². The Morgan fingerprint density at radius 2 is 2.00 bits per heavy atom. The van der Waals surface area contributed by atoms with Crippen molar-refractivity contribution in [3.63, 3.8) is 0 Å². The summed E-state index contributed by atoms with van der Waals surface area (Å²) >= 11 is 0. The quantitative estimate of drug-likeness (QED) is 0.664. The lowest BCUT2D eigenvalue weighted by Crippen LogP contribution is -2.33. The zero-order chi connectivity index (χ0) is 21.2. The number of aromatic nitrogens is 2. The van der Waals surface area contributed by atoms with Crippen LogP contribution < -0.4 is 20.1 Å². The summed E-state index contributed by atoms with van der Waals surface area (Å²) in [7, 11) is 0. The predicted octanol–water partition coefficient (Wildman–Crippen LogP) is 3.06. The zero-order valence-corrected chi connectivity index (χ0v) is 16.8. The van der Waals surface area contributed by atoms with E-state index in [4.69, 9.17) is 9.47 Å². The molecule has 0 fully saturated rings. The largest absolute Gasteiger partial charge is 0.454 e. The maximum atomic E-state index is 12.6. The van der Waals surface area contributed by atoms with Crippen LogP contribution >= 0.6 is 0 Å². The van der Waals surface area contributed by atoms with Gasteiger partial charge in [-0.3, -0.25) is 14.3 Å². The molecule has 0 spiro atoms. The van der Waals surface area contributed by atoms with Crippen LogP contribution in [0.25, 0.3) is 0 Å². The van der Waals surface area contributed by atoms with E-state index in [1.54, 1.807) is 24.4 Å². The fourth-order valence-corrected chi connectivity index (χ4v) is 4.05. The molecular weight excluding hydrogens is 396 g/mol. The average molecular weight is 418 g/mol. The summed E-state index contributed by atoms with van der Waals surface area (Å²) in [5.74, 6) is 0.764. The minimum Gasteiger partial charge on any atom is -0.454 e. The molecule has 1 atom stereocenters. The molecule has 1 aliphatic heterocycles. The SMILES string of the molecule is O=C(Cn1cc(NC(=O)c2ccc3c(c2)OCO3)cn1)NC1CCCc2ccccc21. The van der Waals surface area contributed by atoms with Crippen molar-refractivity contribution >= 4 is 17.5 Å². The van der Waals surface area contributed by atoms with E-state index in [-0.39, 0.29) is 31.2 Å². The predicted molar refractivity (Wildman–Crippen MR) is 113 cm³/mol. The third-order valence-electron chi connectivity index (χ3n) is 5.54.